The molecular formula is C18H24N2O5. The van der Waals surface area contributed by atoms with E-state index in [1.807, 2.05) is 4.90 Å². The van der Waals surface area contributed by atoms with Gasteiger partial charge in [-0.2, -0.15) is 0 Å². The summed E-state index contributed by atoms with van der Waals surface area (Å²) in [6, 6.07) is 6.53. The van der Waals surface area contributed by atoms with Gasteiger partial charge in [0.05, 0.1) is 31.7 Å². The first kappa shape index (κ1) is 18.9. The largest absolute Gasteiger partial charge is 0.466 e. The fraction of sp³-hybridized carbons (Fsp3) is 0.500. The monoisotopic (exact) mass is 348 g/mol. The van der Waals surface area contributed by atoms with E-state index >= 15 is 0 Å². The van der Waals surface area contributed by atoms with Gasteiger partial charge >= 0.3 is 11.9 Å². The molecule has 0 aromatic heterocycles. The Bertz CT molecular complexity index is 606. The lowest BCUT2D eigenvalue weighted by atomic mass is 9.97. The maximum atomic E-state index is 12.1. The lowest BCUT2D eigenvalue weighted by Gasteiger charge is -2.30. The van der Waals surface area contributed by atoms with Crippen LogP contribution in [0.5, 0.6) is 0 Å². The van der Waals surface area contributed by atoms with E-state index in [0.717, 1.165) is 0 Å². The van der Waals surface area contributed by atoms with Gasteiger partial charge in [-0.1, -0.05) is 0 Å². The fourth-order valence-electron chi connectivity index (χ4n) is 2.80. The van der Waals surface area contributed by atoms with Crippen molar-refractivity contribution in [2.24, 2.45) is 5.92 Å². The number of carbonyl (C=O) groups is 3. The zero-order valence-corrected chi connectivity index (χ0v) is 14.6. The maximum absolute atomic E-state index is 12.1. The van der Waals surface area contributed by atoms with Crippen molar-refractivity contribution in [2.75, 3.05) is 38.7 Å². The molecule has 0 saturated carbocycles. The lowest BCUT2D eigenvalue weighted by Crippen LogP contribution is -2.41. The molecule has 2 rings (SSSR count). The van der Waals surface area contributed by atoms with E-state index in [0.29, 0.717) is 43.8 Å². The van der Waals surface area contributed by atoms with Crippen LogP contribution in [0.15, 0.2) is 24.3 Å². The third kappa shape index (κ3) is 5.56. The van der Waals surface area contributed by atoms with Crippen LogP contribution in [-0.2, 0) is 19.1 Å². The quantitative estimate of drug-likeness (QED) is 0.788. The van der Waals surface area contributed by atoms with Gasteiger partial charge in [0, 0.05) is 5.69 Å². The second-order valence-electron chi connectivity index (χ2n) is 5.92. The van der Waals surface area contributed by atoms with Crippen molar-refractivity contribution in [1.82, 2.24) is 4.90 Å². The highest BCUT2D eigenvalue weighted by Gasteiger charge is 2.26. The summed E-state index contributed by atoms with van der Waals surface area (Å²) in [7, 11) is 1.32. The van der Waals surface area contributed by atoms with Crippen LogP contribution in [0.3, 0.4) is 0 Å². The van der Waals surface area contributed by atoms with Crippen molar-refractivity contribution in [3.8, 4) is 0 Å². The number of nitrogens with zero attached hydrogens (tertiary/aromatic N) is 1. The lowest BCUT2D eigenvalue weighted by molar-refractivity contribution is -0.149. The molecule has 0 atom stereocenters. The number of benzene rings is 1. The molecule has 1 N–H and O–H groups in total. The SMILES string of the molecule is CCOC(=O)C1CCN(CC(=O)Nc2ccc(C(=O)OC)cc2)CC1. The summed E-state index contributed by atoms with van der Waals surface area (Å²) >= 11 is 0. The molecule has 7 nitrogen and oxygen atoms in total. The van der Waals surface area contributed by atoms with Gasteiger partial charge in [-0.3, -0.25) is 14.5 Å². The first-order valence-electron chi connectivity index (χ1n) is 8.40. The third-order valence-corrected chi connectivity index (χ3v) is 4.16. The Morgan fingerprint density at radius 1 is 1.16 bits per heavy atom. The van der Waals surface area contributed by atoms with Crippen LogP contribution in [0.25, 0.3) is 0 Å². The highest BCUT2D eigenvalue weighted by Crippen LogP contribution is 2.18. The molecule has 0 aliphatic carbocycles. The Morgan fingerprint density at radius 2 is 1.80 bits per heavy atom. The molecule has 0 bridgehead atoms. The Labute approximate surface area is 147 Å². The zero-order chi connectivity index (χ0) is 18.2. The third-order valence-electron chi connectivity index (χ3n) is 4.16. The molecule has 1 aromatic carbocycles. The number of likely N-dealkylation sites (tertiary alicyclic amines) is 1. The molecule has 136 valence electrons. The molecular weight excluding hydrogens is 324 g/mol. The van der Waals surface area contributed by atoms with Gasteiger partial charge in [0.2, 0.25) is 5.91 Å². The minimum Gasteiger partial charge on any atom is -0.466 e. The summed E-state index contributed by atoms with van der Waals surface area (Å²) in [6.45, 7) is 3.86. The highest BCUT2D eigenvalue weighted by atomic mass is 16.5. The molecule has 0 spiro atoms. The van der Waals surface area contributed by atoms with E-state index in [-0.39, 0.29) is 24.3 Å². The van der Waals surface area contributed by atoms with E-state index in [4.69, 9.17) is 4.74 Å². The molecule has 0 radical (unpaired) electrons. The second kappa shape index (κ2) is 9.17. The topological polar surface area (TPSA) is 84.9 Å². The van der Waals surface area contributed by atoms with Crippen LogP contribution in [-0.4, -0.2) is 56.1 Å². The Morgan fingerprint density at radius 3 is 2.36 bits per heavy atom. The number of nitrogens with one attached hydrogen (secondary N) is 1. The summed E-state index contributed by atoms with van der Waals surface area (Å²) in [5.74, 6) is -0.745. The van der Waals surface area contributed by atoms with Crippen molar-refractivity contribution >= 4 is 23.5 Å². The van der Waals surface area contributed by atoms with Crippen LogP contribution < -0.4 is 5.32 Å². The molecule has 1 aliphatic rings. The summed E-state index contributed by atoms with van der Waals surface area (Å²) in [4.78, 5) is 37.2. The summed E-state index contributed by atoms with van der Waals surface area (Å²) in [6.07, 6.45) is 1.42. The standard InChI is InChI=1S/C18H24N2O5/c1-3-25-18(23)14-8-10-20(11-9-14)12-16(21)19-15-6-4-13(5-7-15)17(22)24-2/h4-7,14H,3,8-12H2,1-2H3,(H,19,21). The number of ether oxygens (including phenoxy) is 2. The van der Waals surface area contributed by atoms with Crippen molar-refractivity contribution in [3.05, 3.63) is 29.8 Å². The Hall–Kier alpha value is -2.41. The van der Waals surface area contributed by atoms with E-state index in [2.05, 4.69) is 10.1 Å². The normalized spacial score (nSPS) is 15.4. The van der Waals surface area contributed by atoms with Crippen LogP contribution >= 0.6 is 0 Å². The van der Waals surface area contributed by atoms with Crippen LogP contribution in [0.2, 0.25) is 0 Å². The smallest absolute Gasteiger partial charge is 0.337 e. The van der Waals surface area contributed by atoms with Crippen molar-refractivity contribution < 1.29 is 23.9 Å². The molecule has 25 heavy (non-hydrogen) atoms. The first-order chi connectivity index (χ1) is 12.0. The number of hydrogen-bond acceptors (Lipinski definition) is 6. The van der Waals surface area contributed by atoms with Gasteiger partial charge in [0.1, 0.15) is 0 Å². The van der Waals surface area contributed by atoms with Gasteiger partial charge < -0.3 is 14.8 Å². The highest BCUT2D eigenvalue weighted by molar-refractivity contribution is 5.94. The second-order valence-corrected chi connectivity index (χ2v) is 5.92. The van der Waals surface area contributed by atoms with E-state index < -0.39 is 5.97 Å². The molecule has 1 heterocycles. The number of methoxy groups -OCH3 is 1. The molecule has 1 fully saturated rings. The van der Waals surface area contributed by atoms with E-state index in [1.165, 1.54) is 7.11 Å². The number of rotatable bonds is 6. The van der Waals surface area contributed by atoms with Crippen LogP contribution in [0.1, 0.15) is 30.1 Å². The number of anilines is 1. The summed E-state index contributed by atoms with van der Waals surface area (Å²) in [5.41, 5.74) is 1.06. The van der Waals surface area contributed by atoms with E-state index in [9.17, 15) is 14.4 Å². The fourth-order valence-corrected chi connectivity index (χ4v) is 2.80. The van der Waals surface area contributed by atoms with Gasteiger partial charge in [-0.15, -0.1) is 0 Å². The molecule has 1 saturated heterocycles. The average molecular weight is 348 g/mol. The van der Waals surface area contributed by atoms with Crippen molar-refractivity contribution in [2.45, 2.75) is 19.8 Å². The maximum Gasteiger partial charge on any atom is 0.337 e. The number of piperidine rings is 1. The number of amides is 1. The number of esters is 2. The summed E-state index contributed by atoms with van der Waals surface area (Å²) < 4.78 is 9.67. The number of hydrogen-bond donors (Lipinski definition) is 1. The predicted molar refractivity (Wildman–Crippen MR) is 92.2 cm³/mol. The van der Waals surface area contributed by atoms with E-state index in [1.54, 1.807) is 31.2 Å². The first-order valence-corrected chi connectivity index (χ1v) is 8.40. The average Bonchev–Trinajstić information content (AvgIpc) is 2.62. The minimum absolute atomic E-state index is 0.0647. The predicted octanol–water partition coefficient (Wildman–Crippen LogP) is 1.69. The Balaban J connectivity index is 1.77. The molecule has 7 heteroatoms. The van der Waals surface area contributed by atoms with Gasteiger partial charge in [-0.05, 0) is 57.1 Å². The Kier molecular flexibility index (Phi) is 6.94. The molecule has 1 aliphatic heterocycles. The van der Waals surface area contributed by atoms with Crippen molar-refractivity contribution in [1.29, 1.82) is 0 Å². The van der Waals surface area contributed by atoms with Crippen molar-refractivity contribution in [3.63, 3.8) is 0 Å². The zero-order valence-electron chi connectivity index (χ0n) is 14.6. The van der Waals surface area contributed by atoms with Gasteiger partial charge in [0.25, 0.3) is 0 Å². The molecule has 1 aromatic rings. The minimum atomic E-state index is -0.414. The molecule has 0 unspecified atom stereocenters. The number of carbonyl (C=O) groups excluding carboxylic acids is 3. The van der Waals surface area contributed by atoms with Gasteiger partial charge in [0.15, 0.2) is 0 Å². The molecule has 1 amide bonds. The van der Waals surface area contributed by atoms with Crippen LogP contribution in [0, 0.1) is 5.92 Å². The van der Waals surface area contributed by atoms with Gasteiger partial charge in [-0.25, -0.2) is 4.79 Å². The van der Waals surface area contributed by atoms with Crippen LogP contribution in [0.4, 0.5) is 5.69 Å². The summed E-state index contributed by atoms with van der Waals surface area (Å²) in [5, 5.41) is 2.80.